The molecule has 1 N–H and O–H groups in total. The molecule has 0 aromatic heterocycles. The van der Waals surface area contributed by atoms with E-state index in [1.807, 2.05) is 6.07 Å². The maximum Gasteiger partial charge on any atom is 0.139 e. The van der Waals surface area contributed by atoms with Gasteiger partial charge < -0.3 is 19.5 Å². The van der Waals surface area contributed by atoms with Crippen molar-refractivity contribution in [3.63, 3.8) is 0 Å². The van der Waals surface area contributed by atoms with Crippen molar-refractivity contribution in [2.75, 3.05) is 41.0 Å². The molecule has 1 aromatic carbocycles. The van der Waals surface area contributed by atoms with Gasteiger partial charge in [0.1, 0.15) is 16.0 Å². The molecule has 1 aromatic rings. The van der Waals surface area contributed by atoms with E-state index in [2.05, 4.69) is 27.3 Å². The molecule has 120 valence electrons. The van der Waals surface area contributed by atoms with E-state index >= 15 is 0 Å². The zero-order chi connectivity index (χ0) is 15.5. The molecule has 0 saturated carbocycles. The van der Waals surface area contributed by atoms with Gasteiger partial charge in [-0.1, -0.05) is 12.5 Å². The molecule has 1 rings (SSSR count). The van der Waals surface area contributed by atoms with Gasteiger partial charge in [0.25, 0.3) is 0 Å². The zero-order valence-electron chi connectivity index (χ0n) is 13.2. The standard InChI is InChI=1S/C16H26BrNO3/c1-19-12-11-18-10-6-4-5-7-13-8-9-14(20-2)15(17)16(13)21-3/h8-9,18H,4-7,10-12H2,1-3H3. The van der Waals surface area contributed by atoms with E-state index in [0.29, 0.717) is 0 Å². The van der Waals surface area contributed by atoms with E-state index in [-0.39, 0.29) is 0 Å². The Bertz CT molecular complexity index is 413. The highest BCUT2D eigenvalue weighted by molar-refractivity contribution is 9.10. The van der Waals surface area contributed by atoms with Crippen LogP contribution in [0.25, 0.3) is 0 Å². The van der Waals surface area contributed by atoms with E-state index in [1.54, 1.807) is 21.3 Å². The van der Waals surface area contributed by atoms with Crippen LogP contribution in [0, 0.1) is 0 Å². The molecule has 4 nitrogen and oxygen atoms in total. The molecule has 0 atom stereocenters. The average Bonchev–Trinajstić information content (AvgIpc) is 2.50. The van der Waals surface area contributed by atoms with Gasteiger partial charge in [0.15, 0.2) is 0 Å². The summed E-state index contributed by atoms with van der Waals surface area (Å²) in [6.07, 6.45) is 4.56. The lowest BCUT2D eigenvalue weighted by molar-refractivity contribution is 0.199. The van der Waals surface area contributed by atoms with Crippen LogP contribution in [0.1, 0.15) is 24.8 Å². The summed E-state index contributed by atoms with van der Waals surface area (Å²) in [6.45, 7) is 2.75. The van der Waals surface area contributed by atoms with Crippen molar-refractivity contribution in [1.82, 2.24) is 5.32 Å². The second-order valence-electron chi connectivity index (χ2n) is 4.83. The number of unbranched alkanes of at least 4 members (excludes halogenated alkanes) is 2. The fraction of sp³-hybridized carbons (Fsp3) is 0.625. The number of aryl methyl sites for hydroxylation is 1. The summed E-state index contributed by atoms with van der Waals surface area (Å²) in [5.74, 6) is 1.69. The molecule has 0 aliphatic heterocycles. The van der Waals surface area contributed by atoms with Crippen LogP contribution < -0.4 is 14.8 Å². The Morgan fingerprint density at radius 1 is 1.00 bits per heavy atom. The van der Waals surface area contributed by atoms with Crippen LogP contribution in [-0.2, 0) is 11.2 Å². The predicted molar refractivity (Wildman–Crippen MR) is 89.5 cm³/mol. The molecular formula is C16H26BrNO3. The molecule has 0 aliphatic rings. The first-order valence-electron chi connectivity index (χ1n) is 7.33. The summed E-state index contributed by atoms with van der Waals surface area (Å²) in [5, 5.41) is 3.36. The third-order valence-electron chi connectivity index (χ3n) is 3.35. The lowest BCUT2D eigenvalue weighted by Gasteiger charge is -2.13. The monoisotopic (exact) mass is 359 g/mol. The van der Waals surface area contributed by atoms with Gasteiger partial charge in [0.05, 0.1) is 20.8 Å². The zero-order valence-corrected chi connectivity index (χ0v) is 14.8. The van der Waals surface area contributed by atoms with Crippen LogP contribution in [0.3, 0.4) is 0 Å². The maximum atomic E-state index is 5.49. The van der Waals surface area contributed by atoms with Gasteiger partial charge in [-0.15, -0.1) is 0 Å². The van der Waals surface area contributed by atoms with Crippen LogP contribution in [-0.4, -0.2) is 41.0 Å². The van der Waals surface area contributed by atoms with E-state index in [0.717, 1.165) is 48.5 Å². The highest BCUT2D eigenvalue weighted by Crippen LogP contribution is 2.37. The summed E-state index contributed by atoms with van der Waals surface area (Å²) in [4.78, 5) is 0. The topological polar surface area (TPSA) is 39.7 Å². The summed E-state index contributed by atoms with van der Waals surface area (Å²) >= 11 is 3.54. The van der Waals surface area contributed by atoms with Gasteiger partial charge in [-0.25, -0.2) is 0 Å². The maximum absolute atomic E-state index is 5.49. The quantitative estimate of drug-likeness (QED) is 0.614. The molecule has 0 spiro atoms. The minimum absolute atomic E-state index is 0.775. The highest BCUT2D eigenvalue weighted by atomic mass is 79.9. The number of halogens is 1. The summed E-state index contributed by atoms with van der Waals surface area (Å²) < 4.78 is 16.7. The first kappa shape index (κ1) is 18.3. The average molecular weight is 360 g/mol. The van der Waals surface area contributed by atoms with E-state index < -0.39 is 0 Å². The summed E-state index contributed by atoms with van der Waals surface area (Å²) in [5.41, 5.74) is 1.22. The Hall–Kier alpha value is -0.780. The number of hydrogen-bond donors (Lipinski definition) is 1. The lowest BCUT2D eigenvalue weighted by atomic mass is 10.1. The second kappa shape index (κ2) is 10.9. The number of benzene rings is 1. The fourth-order valence-electron chi connectivity index (χ4n) is 2.19. The smallest absolute Gasteiger partial charge is 0.139 e. The summed E-state index contributed by atoms with van der Waals surface area (Å²) in [7, 11) is 5.08. The first-order chi connectivity index (χ1) is 10.2. The van der Waals surface area contributed by atoms with Crippen LogP contribution in [0.15, 0.2) is 16.6 Å². The van der Waals surface area contributed by atoms with Crippen molar-refractivity contribution >= 4 is 15.9 Å². The molecule has 0 radical (unpaired) electrons. The van der Waals surface area contributed by atoms with Crippen molar-refractivity contribution in [2.45, 2.75) is 25.7 Å². The van der Waals surface area contributed by atoms with Gasteiger partial charge in [0.2, 0.25) is 0 Å². The molecule has 0 heterocycles. The Balaban J connectivity index is 2.33. The molecule has 21 heavy (non-hydrogen) atoms. The van der Waals surface area contributed by atoms with Crippen LogP contribution in [0.4, 0.5) is 0 Å². The highest BCUT2D eigenvalue weighted by Gasteiger charge is 2.12. The van der Waals surface area contributed by atoms with Crippen LogP contribution in [0.5, 0.6) is 11.5 Å². The Labute approximate surface area is 136 Å². The molecular weight excluding hydrogens is 334 g/mol. The Morgan fingerprint density at radius 3 is 2.48 bits per heavy atom. The molecule has 0 unspecified atom stereocenters. The SMILES string of the molecule is COCCNCCCCCc1ccc(OC)c(Br)c1OC. The molecule has 5 heteroatoms. The van der Waals surface area contributed by atoms with Gasteiger partial charge in [-0.05, 0) is 53.4 Å². The van der Waals surface area contributed by atoms with E-state index in [4.69, 9.17) is 14.2 Å². The molecule has 0 amide bonds. The van der Waals surface area contributed by atoms with E-state index in [1.165, 1.54) is 18.4 Å². The largest absolute Gasteiger partial charge is 0.495 e. The van der Waals surface area contributed by atoms with Crippen LogP contribution >= 0.6 is 15.9 Å². The van der Waals surface area contributed by atoms with Crippen molar-refractivity contribution in [1.29, 1.82) is 0 Å². The number of methoxy groups -OCH3 is 3. The van der Waals surface area contributed by atoms with Gasteiger partial charge in [-0.3, -0.25) is 0 Å². The molecule has 0 bridgehead atoms. The van der Waals surface area contributed by atoms with Crippen molar-refractivity contribution in [3.05, 3.63) is 22.2 Å². The minimum Gasteiger partial charge on any atom is -0.495 e. The number of rotatable bonds is 11. The fourth-order valence-corrected chi connectivity index (χ4v) is 2.91. The van der Waals surface area contributed by atoms with Crippen molar-refractivity contribution < 1.29 is 14.2 Å². The summed E-state index contributed by atoms with van der Waals surface area (Å²) in [6, 6.07) is 4.06. The lowest BCUT2D eigenvalue weighted by Crippen LogP contribution is -2.20. The number of hydrogen-bond acceptors (Lipinski definition) is 4. The molecule has 0 saturated heterocycles. The third-order valence-corrected chi connectivity index (χ3v) is 4.10. The van der Waals surface area contributed by atoms with E-state index in [9.17, 15) is 0 Å². The van der Waals surface area contributed by atoms with Gasteiger partial charge in [0, 0.05) is 13.7 Å². The first-order valence-corrected chi connectivity index (χ1v) is 8.12. The molecule has 0 fully saturated rings. The Morgan fingerprint density at radius 2 is 1.81 bits per heavy atom. The predicted octanol–water partition coefficient (Wildman–Crippen LogP) is 3.42. The Kier molecular flexibility index (Phi) is 9.46. The number of nitrogens with one attached hydrogen (secondary N) is 1. The van der Waals surface area contributed by atoms with Crippen molar-refractivity contribution in [2.24, 2.45) is 0 Å². The van der Waals surface area contributed by atoms with Crippen molar-refractivity contribution in [3.8, 4) is 11.5 Å². The molecule has 0 aliphatic carbocycles. The van der Waals surface area contributed by atoms with Gasteiger partial charge in [-0.2, -0.15) is 0 Å². The minimum atomic E-state index is 0.775. The normalized spacial score (nSPS) is 10.7. The number of ether oxygens (including phenoxy) is 3. The third kappa shape index (κ3) is 6.24. The van der Waals surface area contributed by atoms with Crippen LogP contribution in [0.2, 0.25) is 0 Å². The second-order valence-corrected chi connectivity index (χ2v) is 5.62. The van der Waals surface area contributed by atoms with Gasteiger partial charge >= 0.3 is 0 Å².